The maximum absolute atomic E-state index is 11.5. The Kier molecular flexibility index (Phi) is 4.94. The maximum atomic E-state index is 11.5. The number of rotatable bonds is 5. The molecule has 0 aromatic carbocycles. The van der Waals surface area contributed by atoms with Crippen LogP contribution in [-0.4, -0.2) is 25.2 Å². The fraction of sp³-hybridized carbons (Fsp3) is 0.909. The predicted molar refractivity (Wildman–Crippen MR) is 56.1 cm³/mol. The van der Waals surface area contributed by atoms with Crippen LogP contribution in [0, 0.1) is 5.92 Å². The van der Waals surface area contributed by atoms with Crippen molar-refractivity contribution in [3.05, 3.63) is 0 Å². The lowest BCUT2D eigenvalue weighted by atomic mass is 10.1. The molecule has 14 heavy (non-hydrogen) atoms. The Morgan fingerprint density at radius 1 is 1.57 bits per heavy atom. The summed E-state index contributed by atoms with van der Waals surface area (Å²) in [6.45, 7) is 5.92. The van der Waals surface area contributed by atoms with Gasteiger partial charge in [-0.25, -0.2) is 0 Å². The number of hydrogen-bond donors (Lipinski definition) is 1. The second kappa shape index (κ2) is 6.02. The molecule has 0 radical (unpaired) electrons. The molecule has 1 heterocycles. The van der Waals surface area contributed by atoms with Crippen LogP contribution < -0.4 is 5.32 Å². The van der Waals surface area contributed by atoms with E-state index in [4.69, 9.17) is 4.74 Å². The first-order valence-corrected chi connectivity index (χ1v) is 5.59. The van der Waals surface area contributed by atoms with Crippen molar-refractivity contribution in [3.8, 4) is 0 Å². The topological polar surface area (TPSA) is 38.3 Å². The quantitative estimate of drug-likeness (QED) is 0.685. The molecular weight excluding hydrogens is 178 g/mol. The molecule has 0 saturated carbocycles. The summed E-state index contributed by atoms with van der Waals surface area (Å²) in [5, 5.41) is 2.92. The van der Waals surface area contributed by atoms with Gasteiger partial charge in [-0.1, -0.05) is 13.8 Å². The van der Waals surface area contributed by atoms with Gasteiger partial charge in [0.1, 0.15) is 6.10 Å². The number of ether oxygens (including phenoxy) is 1. The van der Waals surface area contributed by atoms with Crippen molar-refractivity contribution < 1.29 is 9.53 Å². The van der Waals surface area contributed by atoms with Gasteiger partial charge < -0.3 is 10.1 Å². The van der Waals surface area contributed by atoms with Crippen molar-refractivity contribution in [2.75, 3.05) is 13.2 Å². The Labute approximate surface area is 86.2 Å². The highest BCUT2D eigenvalue weighted by atomic mass is 16.5. The lowest BCUT2D eigenvalue weighted by molar-refractivity contribution is -0.130. The smallest absolute Gasteiger partial charge is 0.249 e. The molecule has 3 nitrogen and oxygen atoms in total. The molecule has 1 amide bonds. The van der Waals surface area contributed by atoms with E-state index in [1.54, 1.807) is 0 Å². The van der Waals surface area contributed by atoms with Crippen LogP contribution in [0.15, 0.2) is 0 Å². The summed E-state index contributed by atoms with van der Waals surface area (Å²) in [5.41, 5.74) is 0. The molecule has 1 unspecified atom stereocenters. The van der Waals surface area contributed by atoms with E-state index < -0.39 is 0 Å². The summed E-state index contributed by atoms with van der Waals surface area (Å²) in [4.78, 5) is 11.5. The summed E-state index contributed by atoms with van der Waals surface area (Å²) in [5.74, 6) is 0.792. The van der Waals surface area contributed by atoms with Gasteiger partial charge in [-0.15, -0.1) is 0 Å². The van der Waals surface area contributed by atoms with E-state index >= 15 is 0 Å². The van der Waals surface area contributed by atoms with E-state index in [0.717, 1.165) is 38.3 Å². The zero-order valence-electron chi connectivity index (χ0n) is 9.21. The van der Waals surface area contributed by atoms with Crippen LogP contribution in [0.3, 0.4) is 0 Å². The maximum Gasteiger partial charge on any atom is 0.249 e. The monoisotopic (exact) mass is 199 g/mol. The molecule has 1 rings (SSSR count). The van der Waals surface area contributed by atoms with E-state index in [1.165, 1.54) is 6.42 Å². The molecule has 1 fully saturated rings. The Hall–Kier alpha value is -0.570. The molecule has 0 aromatic heterocycles. The Balaban J connectivity index is 2.03. The molecule has 3 heteroatoms. The van der Waals surface area contributed by atoms with Gasteiger partial charge in [-0.2, -0.15) is 0 Å². The summed E-state index contributed by atoms with van der Waals surface area (Å²) < 4.78 is 5.28. The number of nitrogens with one attached hydrogen (secondary N) is 1. The Morgan fingerprint density at radius 3 is 2.93 bits per heavy atom. The molecule has 1 aliphatic rings. The fourth-order valence-corrected chi connectivity index (χ4v) is 1.62. The lowest BCUT2D eigenvalue weighted by Gasteiger charge is -2.10. The summed E-state index contributed by atoms with van der Waals surface area (Å²) in [6.07, 6.45) is 3.97. The third-order valence-corrected chi connectivity index (χ3v) is 2.48. The largest absolute Gasteiger partial charge is 0.368 e. The van der Waals surface area contributed by atoms with Gasteiger partial charge in [-0.05, 0) is 31.6 Å². The van der Waals surface area contributed by atoms with Crippen molar-refractivity contribution in [1.82, 2.24) is 5.32 Å². The molecule has 1 saturated heterocycles. The zero-order valence-corrected chi connectivity index (χ0v) is 9.21. The van der Waals surface area contributed by atoms with Gasteiger partial charge in [0.05, 0.1) is 0 Å². The molecule has 1 aliphatic heterocycles. The van der Waals surface area contributed by atoms with Crippen molar-refractivity contribution in [2.24, 2.45) is 5.92 Å². The second-order valence-electron chi connectivity index (χ2n) is 4.33. The third kappa shape index (κ3) is 4.09. The summed E-state index contributed by atoms with van der Waals surface area (Å²) in [6, 6.07) is 0. The number of amides is 1. The highest BCUT2D eigenvalue weighted by molar-refractivity contribution is 5.80. The van der Waals surface area contributed by atoms with E-state index in [0.29, 0.717) is 0 Å². The van der Waals surface area contributed by atoms with Gasteiger partial charge in [0, 0.05) is 13.2 Å². The van der Waals surface area contributed by atoms with Crippen LogP contribution in [-0.2, 0) is 9.53 Å². The summed E-state index contributed by atoms with van der Waals surface area (Å²) >= 11 is 0. The minimum Gasteiger partial charge on any atom is -0.368 e. The zero-order chi connectivity index (χ0) is 10.4. The van der Waals surface area contributed by atoms with Gasteiger partial charge in [0.25, 0.3) is 0 Å². The first-order chi connectivity index (χ1) is 6.70. The van der Waals surface area contributed by atoms with Crippen molar-refractivity contribution in [1.29, 1.82) is 0 Å². The first kappa shape index (κ1) is 11.5. The number of hydrogen-bond acceptors (Lipinski definition) is 2. The van der Waals surface area contributed by atoms with Crippen LogP contribution in [0.1, 0.15) is 39.5 Å². The minimum absolute atomic E-state index is 0.0752. The van der Waals surface area contributed by atoms with Crippen LogP contribution >= 0.6 is 0 Å². The van der Waals surface area contributed by atoms with Crippen molar-refractivity contribution in [2.45, 2.75) is 45.6 Å². The molecule has 0 aromatic rings. The standard InChI is InChI=1S/C11H21NO2/c1-9(2)5-3-7-12-11(13)10-6-4-8-14-10/h9-10H,3-8H2,1-2H3,(H,12,13). The van der Waals surface area contributed by atoms with Crippen LogP contribution in [0.4, 0.5) is 0 Å². The van der Waals surface area contributed by atoms with Crippen molar-refractivity contribution >= 4 is 5.91 Å². The van der Waals surface area contributed by atoms with Gasteiger partial charge in [0.2, 0.25) is 5.91 Å². The summed E-state index contributed by atoms with van der Waals surface area (Å²) in [7, 11) is 0. The van der Waals surface area contributed by atoms with Gasteiger partial charge >= 0.3 is 0 Å². The number of carbonyl (C=O) groups excluding carboxylic acids is 1. The average Bonchev–Trinajstić information content (AvgIpc) is 2.64. The molecule has 0 aliphatic carbocycles. The van der Waals surface area contributed by atoms with E-state index in [-0.39, 0.29) is 12.0 Å². The second-order valence-corrected chi connectivity index (χ2v) is 4.33. The molecular formula is C11H21NO2. The van der Waals surface area contributed by atoms with Crippen LogP contribution in [0.5, 0.6) is 0 Å². The van der Waals surface area contributed by atoms with E-state index in [9.17, 15) is 4.79 Å². The normalized spacial score (nSPS) is 21.5. The Morgan fingerprint density at radius 2 is 2.36 bits per heavy atom. The molecule has 1 atom stereocenters. The number of carbonyl (C=O) groups is 1. The van der Waals surface area contributed by atoms with Gasteiger partial charge in [0.15, 0.2) is 0 Å². The minimum atomic E-state index is -0.172. The average molecular weight is 199 g/mol. The predicted octanol–water partition coefficient (Wildman–Crippen LogP) is 1.72. The first-order valence-electron chi connectivity index (χ1n) is 5.59. The van der Waals surface area contributed by atoms with Crippen LogP contribution in [0.25, 0.3) is 0 Å². The molecule has 1 N–H and O–H groups in total. The molecule has 82 valence electrons. The lowest BCUT2D eigenvalue weighted by Crippen LogP contribution is -2.34. The van der Waals surface area contributed by atoms with Gasteiger partial charge in [-0.3, -0.25) is 4.79 Å². The van der Waals surface area contributed by atoms with Crippen LogP contribution in [0.2, 0.25) is 0 Å². The third-order valence-electron chi connectivity index (χ3n) is 2.48. The van der Waals surface area contributed by atoms with Crippen molar-refractivity contribution in [3.63, 3.8) is 0 Å². The molecule has 0 bridgehead atoms. The highest BCUT2D eigenvalue weighted by Gasteiger charge is 2.22. The molecule has 0 spiro atoms. The van der Waals surface area contributed by atoms with E-state index in [1.807, 2.05) is 0 Å². The highest BCUT2D eigenvalue weighted by Crippen LogP contribution is 2.11. The Bertz CT molecular complexity index is 174. The SMILES string of the molecule is CC(C)CCCNC(=O)C1CCCO1. The fourth-order valence-electron chi connectivity index (χ4n) is 1.62. The van der Waals surface area contributed by atoms with E-state index in [2.05, 4.69) is 19.2 Å².